The number of cyclic esters (lactones) is 1. The molecule has 0 aliphatic carbocycles. The standard InChI is InChI=1S/C13H12O5/c14-12(15)6-11-10(7-13(16)18-11)17-8-9-4-2-1-3-5-9/h1-5,7,11H,6,8H2,(H,14,15)/t11-/m1/s1. The predicted molar refractivity (Wildman–Crippen MR) is 61.4 cm³/mol. The smallest absolute Gasteiger partial charge is 0.335 e. The summed E-state index contributed by atoms with van der Waals surface area (Å²) in [5.74, 6) is -1.33. The van der Waals surface area contributed by atoms with Crippen molar-refractivity contribution >= 4 is 11.9 Å². The second-order valence-corrected chi connectivity index (χ2v) is 3.84. The van der Waals surface area contributed by atoms with Crippen LogP contribution >= 0.6 is 0 Å². The molecule has 0 bridgehead atoms. The van der Waals surface area contributed by atoms with Crippen LogP contribution in [0.4, 0.5) is 0 Å². The molecule has 1 heterocycles. The molecule has 0 spiro atoms. The van der Waals surface area contributed by atoms with Crippen LogP contribution in [0.25, 0.3) is 0 Å². The van der Waals surface area contributed by atoms with Crippen molar-refractivity contribution in [2.24, 2.45) is 0 Å². The van der Waals surface area contributed by atoms with Gasteiger partial charge < -0.3 is 14.6 Å². The van der Waals surface area contributed by atoms with Crippen molar-refractivity contribution in [3.05, 3.63) is 47.7 Å². The number of aliphatic carboxylic acids is 1. The van der Waals surface area contributed by atoms with E-state index >= 15 is 0 Å². The van der Waals surface area contributed by atoms with Crippen molar-refractivity contribution in [3.63, 3.8) is 0 Å². The minimum Gasteiger partial charge on any atom is -0.489 e. The van der Waals surface area contributed by atoms with Crippen LogP contribution in [0.3, 0.4) is 0 Å². The van der Waals surface area contributed by atoms with E-state index in [0.29, 0.717) is 0 Å². The number of ether oxygens (including phenoxy) is 2. The zero-order valence-corrected chi connectivity index (χ0v) is 9.54. The van der Waals surface area contributed by atoms with Gasteiger partial charge in [0.1, 0.15) is 12.4 Å². The number of rotatable bonds is 5. The first kappa shape index (κ1) is 12.2. The molecule has 0 saturated carbocycles. The van der Waals surface area contributed by atoms with Crippen LogP contribution in [0.15, 0.2) is 42.2 Å². The van der Waals surface area contributed by atoms with Crippen LogP contribution in [0.5, 0.6) is 0 Å². The molecule has 94 valence electrons. The highest BCUT2D eigenvalue weighted by Gasteiger charge is 2.29. The maximum Gasteiger partial charge on any atom is 0.335 e. The molecule has 0 saturated heterocycles. The van der Waals surface area contributed by atoms with E-state index in [1.165, 1.54) is 6.08 Å². The molecule has 5 nitrogen and oxygen atoms in total. The molecule has 0 unspecified atom stereocenters. The number of carbonyl (C=O) groups excluding carboxylic acids is 1. The topological polar surface area (TPSA) is 72.8 Å². The molecular formula is C13H12O5. The molecule has 1 aliphatic heterocycles. The van der Waals surface area contributed by atoms with Gasteiger partial charge in [-0.1, -0.05) is 30.3 Å². The number of esters is 1. The van der Waals surface area contributed by atoms with Crippen molar-refractivity contribution < 1.29 is 24.2 Å². The van der Waals surface area contributed by atoms with Crippen LogP contribution in [0.1, 0.15) is 12.0 Å². The second kappa shape index (κ2) is 5.35. The molecule has 2 rings (SSSR count). The van der Waals surface area contributed by atoms with Crippen LogP contribution in [-0.4, -0.2) is 23.1 Å². The van der Waals surface area contributed by atoms with Crippen molar-refractivity contribution in [3.8, 4) is 0 Å². The van der Waals surface area contributed by atoms with E-state index in [4.69, 9.17) is 14.6 Å². The first-order valence-electron chi connectivity index (χ1n) is 5.46. The van der Waals surface area contributed by atoms with Gasteiger partial charge in [0, 0.05) is 0 Å². The van der Waals surface area contributed by atoms with E-state index in [1.54, 1.807) is 0 Å². The van der Waals surface area contributed by atoms with Gasteiger partial charge in [-0.15, -0.1) is 0 Å². The maximum absolute atomic E-state index is 11.1. The third kappa shape index (κ3) is 3.10. The summed E-state index contributed by atoms with van der Waals surface area (Å²) in [6, 6.07) is 9.39. The fourth-order valence-electron chi connectivity index (χ4n) is 1.62. The van der Waals surface area contributed by atoms with Crippen LogP contribution in [0.2, 0.25) is 0 Å². The Hall–Kier alpha value is -2.30. The normalized spacial score (nSPS) is 18.1. The molecule has 0 radical (unpaired) electrons. The van der Waals surface area contributed by atoms with Crippen LogP contribution in [-0.2, 0) is 25.7 Å². The zero-order chi connectivity index (χ0) is 13.0. The highest BCUT2D eigenvalue weighted by Crippen LogP contribution is 2.21. The van der Waals surface area contributed by atoms with Crippen molar-refractivity contribution in [2.75, 3.05) is 0 Å². The summed E-state index contributed by atoms with van der Waals surface area (Å²) in [5.41, 5.74) is 0.937. The molecule has 1 N–H and O–H groups in total. The average Bonchev–Trinajstić information content (AvgIpc) is 2.67. The summed E-state index contributed by atoms with van der Waals surface area (Å²) >= 11 is 0. The van der Waals surface area contributed by atoms with Gasteiger partial charge in [-0.3, -0.25) is 4.79 Å². The minimum absolute atomic E-state index is 0.270. The molecule has 0 amide bonds. The van der Waals surface area contributed by atoms with E-state index in [2.05, 4.69) is 0 Å². The lowest BCUT2D eigenvalue weighted by Gasteiger charge is -2.13. The quantitative estimate of drug-likeness (QED) is 0.799. The van der Waals surface area contributed by atoms with Gasteiger partial charge in [0.15, 0.2) is 6.10 Å². The first-order chi connectivity index (χ1) is 8.65. The Morgan fingerprint density at radius 3 is 2.72 bits per heavy atom. The molecule has 1 atom stereocenters. The lowest BCUT2D eigenvalue weighted by atomic mass is 10.2. The third-order valence-corrected chi connectivity index (χ3v) is 2.44. The molecule has 5 heteroatoms. The molecule has 1 aromatic rings. The van der Waals surface area contributed by atoms with Crippen molar-refractivity contribution in [1.82, 2.24) is 0 Å². The van der Waals surface area contributed by atoms with Gasteiger partial charge in [-0.25, -0.2) is 4.79 Å². The Morgan fingerprint density at radius 1 is 1.33 bits per heavy atom. The molecule has 18 heavy (non-hydrogen) atoms. The van der Waals surface area contributed by atoms with E-state index in [9.17, 15) is 9.59 Å². The summed E-state index contributed by atoms with van der Waals surface area (Å²) < 4.78 is 10.3. The minimum atomic E-state index is -1.04. The first-order valence-corrected chi connectivity index (χ1v) is 5.46. The lowest BCUT2D eigenvalue weighted by molar-refractivity contribution is -0.145. The van der Waals surface area contributed by atoms with E-state index in [-0.39, 0.29) is 18.8 Å². The number of hydrogen-bond acceptors (Lipinski definition) is 4. The molecule has 1 aliphatic rings. The molecule has 0 fully saturated rings. The van der Waals surface area contributed by atoms with E-state index in [0.717, 1.165) is 5.56 Å². The fraction of sp³-hybridized carbons (Fsp3) is 0.231. The van der Waals surface area contributed by atoms with Gasteiger partial charge in [-0.05, 0) is 5.56 Å². The second-order valence-electron chi connectivity index (χ2n) is 3.84. The summed E-state index contributed by atoms with van der Waals surface area (Å²) in [6.45, 7) is 0.277. The third-order valence-electron chi connectivity index (χ3n) is 2.44. The fourth-order valence-corrected chi connectivity index (χ4v) is 1.62. The summed E-state index contributed by atoms with van der Waals surface area (Å²) in [7, 11) is 0. The molecular weight excluding hydrogens is 236 g/mol. The van der Waals surface area contributed by atoms with Gasteiger partial charge in [0.25, 0.3) is 0 Å². The number of carboxylic acids is 1. The molecule has 0 aromatic heterocycles. The van der Waals surface area contributed by atoms with Crippen LogP contribution in [0, 0.1) is 0 Å². The number of carbonyl (C=O) groups is 2. The Kier molecular flexibility index (Phi) is 3.62. The number of hydrogen-bond donors (Lipinski definition) is 1. The van der Waals surface area contributed by atoms with Gasteiger partial charge in [0.2, 0.25) is 0 Å². The number of carboxylic acid groups (broad SMARTS) is 1. The van der Waals surface area contributed by atoms with Gasteiger partial charge >= 0.3 is 11.9 Å². The highest BCUT2D eigenvalue weighted by atomic mass is 16.6. The van der Waals surface area contributed by atoms with E-state index in [1.807, 2.05) is 30.3 Å². The Balaban J connectivity index is 1.96. The van der Waals surface area contributed by atoms with Crippen molar-refractivity contribution in [2.45, 2.75) is 19.1 Å². The summed E-state index contributed by atoms with van der Waals surface area (Å²) in [5, 5.41) is 8.69. The lowest BCUT2D eigenvalue weighted by Crippen LogP contribution is -2.18. The molecule has 1 aromatic carbocycles. The Labute approximate surface area is 104 Å². The Morgan fingerprint density at radius 2 is 2.06 bits per heavy atom. The Bertz CT molecular complexity index is 477. The number of benzene rings is 1. The zero-order valence-electron chi connectivity index (χ0n) is 9.54. The monoisotopic (exact) mass is 248 g/mol. The van der Waals surface area contributed by atoms with Gasteiger partial charge in [0.05, 0.1) is 12.5 Å². The van der Waals surface area contributed by atoms with Crippen molar-refractivity contribution in [1.29, 1.82) is 0 Å². The summed E-state index contributed by atoms with van der Waals surface area (Å²) in [4.78, 5) is 21.7. The maximum atomic E-state index is 11.1. The van der Waals surface area contributed by atoms with E-state index < -0.39 is 18.0 Å². The van der Waals surface area contributed by atoms with Gasteiger partial charge in [-0.2, -0.15) is 0 Å². The largest absolute Gasteiger partial charge is 0.489 e. The summed E-state index contributed by atoms with van der Waals surface area (Å²) in [6.07, 6.45) is 0.0850. The SMILES string of the molecule is O=C(O)C[C@H]1OC(=O)C=C1OCc1ccccc1. The highest BCUT2D eigenvalue weighted by molar-refractivity contribution is 5.86. The average molecular weight is 248 g/mol. The van der Waals surface area contributed by atoms with Crippen LogP contribution < -0.4 is 0 Å². The predicted octanol–water partition coefficient (Wildman–Crippen LogP) is 1.49.